The number of hydrogen-bond donors (Lipinski definition) is 0. The molecule has 0 spiro atoms. The molecular weight excluding hydrogens is 518 g/mol. The van der Waals surface area contributed by atoms with Gasteiger partial charge in [-0.2, -0.15) is 4.98 Å². The van der Waals surface area contributed by atoms with Crippen LogP contribution in [0.25, 0.3) is 11.7 Å². The van der Waals surface area contributed by atoms with Crippen molar-refractivity contribution in [2.45, 2.75) is 19.8 Å². The Bertz CT molecular complexity index is 1600. The number of carbonyl (C=O) groups excluding carboxylic acids is 1. The third-order valence-electron chi connectivity index (χ3n) is 6.21. The normalized spacial score (nSPS) is 14.5. The van der Waals surface area contributed by atoms with E-state index >= 15 is 0 Å². The maximum absolute atomic E-state index is 13.5. The summed E-state index contributed by atoms with van der Waals surface area (Å²) in [6, 6.07) is 20.6. The van der Waals surface area contributed by atoms with Gasteiger partial charge in [-0.3, -0.25) is 18.9 Å². The molecule has 5 rings (SSSR count). The number of thiocarbonyl (C=S) groups is 1. The molecule has 0 saturated carbocycles. The molecule has 9 heteroatoms. The average molecular weight is 544 g/mol. The molecule has 0 atom stereocenters. The lowest BCUT2D eigenvalue weighted by molar-refractivity contribution is -0.122. The number of fused-ring (bicyclic) bond motifs is 1. The van der Waals surface area contributed by atoms with Gasteiger partial charge < -0.3 is 9.47 Å². The van der Waals surface area contributed by atoms with Crippen molar-refractivity contribution in [1.82, 2.24) is 14.3 Å². The molecular formula is C29H25N3O4S2. The molecule has 0 N–H and O–H groups in total. The van der Waals surface area contributed by atoms with Crippen molar-refractivity contribution in [3.05, 3.63) is 105 Å². The zero-order valence-corrected chi connectivity index (χ0v) is 22.6. The Balaban J connectivity index is 1.45. The minimum Gasteiger partial charge on any atom is -0.497 e. The highest BCUT2D eigenvalue weighted by atomic mass is 32.2. The Kier molecular flexibility index (Phi) is 7.57. The standard InChI is InChI=1S/C29H25N3O4S2/c1-3-19-7-13-22(14-8-19)36-26-23(27(33)31-16-5-4-6-25(31)30-26)18-24-28(34)32(29(37)38-24)17-15-20-9-11-21(35-2)12-10-20/h4-14,16,18H,3,15,17H2,1-2H3/b24-18+. The number of amides is 1. The topological polar surface area (TPSA) is 73.1 Å². The zero-order chi connectivity index (χ0) is 26.6. The zero-order valence-electron chi connectivity index (χ0n) is 20.9. The third kappa shape index (κ3) is 5.34. The van der Waals surface area contributed by atoms with Crippen LogP contribution in [0, 0.1) is 0 Å². The quantitative estimate of drug-likeness (QED) is 0.215. The summed E-state index contributed by atoms with van der Waals surface area (Å²) in [7, 11) is 1.62. The van der Waals surface area contributed by atoms with Crippen molar-refractivity contribution in [2.24, 2.45) is 0 Å². The van der Waals surface area contributed by atoms with Gasteiger partial charge in [0.05, 0.1) is 12.0 Å². The van der Waals surface area contributed by atoms with Crippen LogP contribution >= 0.6 is 24.0 Å². The number of thioether (sulfide) groups is 1. The lowest BCUT2D eigenvalue weighted by Crippen LogP contribution is -2.30. The Morgan fingerprint density at radius 2 is 1.68 bits per heavy atom. The summed E-state index contributed by atoms with van der Waals surface area (Å²) in [6.07, 6.45) is 4.71. The third-order valence-corrected chi connectivity index (χ3v) is 7.59. The van der Waals surface area contributed by atoms with Crippen LogP contribution in [-0.2, 0) is 17.6 Å². The molecule has 0 aliphatic carbocycles. The Labute approximate surface area is 229 Å². The largest absolute Gasteiger partial charge is 0.497 e. The van der Waals surface area contributed by atoms with E-state index in [1.807, 2.05) is 48.5 Å². The summed E-state index contributed by atoms with van der Waals surface area (Å²) in [6.45, 7) is 2.50. The van der Waals surface area contributed by atoms with Gasteiger partial charge in [-0.15, -0.1) is 0 Å². The van der Waals surface area contributed by atoms with Crippen LogP contribution in [0.1, 0.15) is 23.6 Å². The number of benzene rings is 2. The molecule has 4 aromatic rings. The second-order valence-corrected chi connectivity index (χ2v) is 10.3. The first-order valence-electron chi connectivity index (χ1n) is 12.1. The van der Waals surface area contributed by atoms with Gasteiger partial charge in [0.1, 0.15) is 27.0 Å². The summed E-state index contributed by atoms with van der Waals surface area (Å²) in [5, 5.41) is 0. The van der Waals surface area contributed by atoms with E-state index in [2.05, 4.69) is 11.9 Å². The van der Waals surface area contributed by atoms with Crippen LogP contribution in [-0.4, -0.2) is 38.2 Å². The van der Waals surface area contributed by atoms with Crippen LogP contribution < -0.4 is 15.0 Å². The fraction of sp³-hybridized carbons (Fsp3) is 0.172. The highest BCUT2D eigenvalue weighted by molar-refractivity contribution is 8.26. The molecule has 192 valence electrons. The van der Waals surface area contributed by atoms with Gasteiger partial charge in [-0.1, -0.05) is 61.2 Å². The van der Waals surface area contributed by atoms with Crippen LogP contribution in [0.2, 0.25) is 0 Å². The number of ether oxygens (including phenoxy) is 2. The molecule has 1 aliphatic rings. The Hall–Kier alpha value is -3.95. The van der Waals surface area contributed by atoms with Crippen LogP contribution in [0.5, 0.6) is 17.4 Å². The van der Waals surface area contributed by atoms with E-state index in [1.165, 1.54) is 27.8 Å². The molecule has 2 aromatic carbocycles. The molecule has 1 fully saturated rings. The van der Waals surface area contributed by atoms with E-state index in [0.717, 1.165) is 17.7 Å². The fourth-order valence-corrected chi connectivity index (χ4v) is 5.34. The molecule has 1 amide bonds. The number of aromatic nitrogens is 2. The summed E-state index contributed by atoms with van der Waals surface area (Å²) in [5.41, 5.74) is 2.53. The molecule has 0 radical (unpaired) electrons. The van der Waals surface area contributed by atoms with Crippen molar-refractivity contribution in [1.29, 1.82) is 0 Å². The smallest absolute Gasteiger partial charge is 0.269 e. The van der Waals surface area contributed by atoms with E-state index in [1.54, 1.807) is 36.4 Å². The summed E-state index contributed by atoms with van der Waals surface area (Å²) < 4.78 is 13.2. The maximum Gasteiger partial charge on any atom is 0.269 e. The van der Waals surface area contributed by atoms with Crippen LogP contribution in [0.3, 0.4) is 0 Å². The molecule has 0 unspecified atom stereocenters. The molecule has 2 aromatic heterocycles. The number of aryl methyl sites for hydroxylation is 1. The van der Waals surface area contributed by atoms with Gasteiger partial charge in [-0.05, 0) is 66.4 Å². The number of hydrogen-bond acceptors (Lipinski definition) is 7. The minimum absolute atomic E-state index is 0.133. The second kappa shape index (κ2) is 11.2. The monoisotopic (exact) mass is 543 g/mol. The van der Waals surface area contributed by atoms with Gasteiger partial charge in [0.25, 0.3) is 11.5 Å². The SMILES string of the molecule is CCc1ccc(Oc2nc3ccccn3c(=O)c2/C=C2/SC(=S)N(CCc3ccc(OC)cc3)C2=O)cc1. The van der Waals surface area contributed by atoms with Gasteiger partial charge in [0.15, 0.2) is 0 Å². The van der Waals surface area contributed by atoms with E-state index < -0.39 is 0 Å². The highest BCUT2D eigenvalue weighted by Gasteiger charge is 2.32. The second-order valence-electron chi connectivity index (χ2n) is 8.60. The van der Waals surface area contributed by atoms with Gasteiger partial charge in [-0.25, -0.2) is 0 Å². The molecule has 7 nitrogen and oxygen atoms in total. The van der Waals surface area contributed by atoms with Gasteiger partial charge in [0, 0.05) is 12.7 Å². The van der Waals surface area contributed by atoms with Crippen LogP contribution in [0.4, 0.5) is 0 Å². The predicted octanol–water partition coefficient (Wildman–Crippen LogP) is 5.50. The maximum atomic E-state index is 13.5. The Morgan fingerprint density at radius 3 is 2.39 bits per heavy atom. The fourth-order valence-electron chi connectivity index (χ4n) is 4.05. The highest BCUT2D eigenvalue weighted by Crippen LogP contribution is 2.34. The first kappa shape index (κ1) is 25.7. The lowest BCUT2D eigenvalue weighted by Gasteiger charge is -2.14. The molecule has 3 heterocycles. The van der Waals surface area contributed by atoms with E-state index in [-0.39, 0.29) is 22.9 Å². The number of methoxy groups -OCH3 is 1. The molecule has 1 saturated heterocycles. The molecule has 38 heavy (non-hydrogen) atoms. The van der Waals surface area contributed by atoms with Gasteiger partial charge in [0.2, 0.25) is 5.88 Å². The van der Waals surface area contributed by atoms with E-state index in [4.69, 9.17) is 21.7 Å². The summed E-state index contributed by atoms with van der Waals surface area (Å²) >= 11 is 6.68. The van der Waals surface area contributed by atoms with E-state index in [9.17, 15) is 9.59 Å². The Morgan fingerprint density at radius 1 is 0.974 bits per heavy atom. The lowest BCUT2D eigenvalue weighted by atomic mass is 10.1. The average Bonchev–Trinajstić information content (AvgIpc) is 3.21. The number of carbonyl (C=O) groups is 1. The van der Waals surface area contributed by atoms with Crippen molar-refractivity contribution in [2.75, 3.05) is 13.7 Å². The van der Waals surface area contributed by atoms with Crippen molar-refractivity contribution < 1.29 is 14.3 Å². The molecule has 1 aliphatic heterocycles. The van der Waals surface area contributed by atoms with E-state index in [0.29, 0.717) is 33.6 Å². The van der Waals surface area contributed by atoms with Crippen LogP contribution in [0.15, 0.2) is 82.6 Å². The van der Waals surface area contributed by atoms with Crippen molar-refractivity contribution in [3.8, 4) is 17.4 Å². The predicted molar refractivity (Wildman–Crippen MR) is 154 cm³/mol. The number of pyridine rings is 1. The summed E-state index contributed by atoms with van der Waals surface area (Å²) in [4.78, 5) is 33.3. The number of rotatable bonds is 8. The minimum atomic E-state index is -0.334. The summed E-state index contributed by atoms with van der Waals surface area (Å²) in [5.74, 6) is 1.21. The molecule has 0 bridgehead atoms. The number of nitrogens with zero attached hydrogens (tertiary/aromatic N) is 3. The van der Waals surface area contributed by atoms with Crippen molar-refractivity contribution in [3.63, 3.8) is 0 Å². The first-order chi connectivity index (χ1) is 18.5. The first-order valence-corrected chi connectivity index (χ1v) is 13.4. The van der Waals surface area contributed by atoms with Crippen molar-refractivity contribution >= 4 is 45.9 Å². The van der Waals surface area contributed by atoms with Gasteiger partial charge >= 0.3 is 0 Å².